The molecule has 192 valence electrons. The van der Waals surface area contributed by atoms with Gasteiger partial charge in [0.15, 0.2) is 11.2 Å². The molecule has 0 unspecified atom stereocenters. The summed E-state index contributed by atoms with van der Waals surface area (Å²) >= 11 is 0. The second-order valence-corrected chi connectivity index (χ2v) is 10.4. The van der Waals surface area contributed by atoms with Crippen LogP contribution in [0.15, 0.2) is 104 Å². The molecule has 4 aromatic carbocycles. The Hall–Kier alpha value is -5.43. The Morgan fingerprint density at radius 3 is 1.46 bits per heavy atom. The van der Waals surface area contributed by atoms with Crippen molar-refractivity contribution in [1.82, 2.24) is 9.97 Å². The van der Waals surface area contributed by atoms with Crippen molar-refractivity contribution in [2.24, 2.45) is 0 Å². The van der Waals surface area contributed by atoms with E-state index in [2.05, 4.69) is 9.97 Å². The lowest BCUT2D eigenvalue weighted by atomic mass is 10.2. The van der Waals surface area contributed by atoms with E-state index in [9.17, 15) is 28.6 Å². The molecule has 0 radical (unpaired) electrons. The third-order valence-electron chi connectivity index (χ3n) is 5.95. The first-order valence-electron chi connectivity index (χ1n) is 11.2. The lowest BCUT2D eigenvalue weighted by molar-refractivity contribution is -0.385. The van der Waals surface area contributed by atoms with E-state index < -0.39 is 19.7 Å². The van der Waals surface area contributed by atoms with Crippen LogP contribution in [0.1, 0.15) is 0 Å². The van der Waals surface area contributed by atoms with Crippen LogP contribution in [0, 0.1) is 20.2 Å². The lowest BCUT2D eigenvalue weighted by Gasteiger charge is -2.04. The van der Waals surface area contributed by atoms with Crippen molar-refractivity contribution in [2.75, 3.05) is 0 Å². The number of sulfone groups is 1. The molecular formula is C26H14N4O8S. The van der Waals surface area contributed by atoms with Gasteiger partial charge in [0.25, 0.3) is 11.4 Å². The highest BCUT2D eigenvalue weighted by molar-refractivity contribution is 7.91. The van der Waals surface area contributed by atoms with Gasteiger partial charge in [-0.25, -0.2) is 18.4 Å². The van der Waals surface area contributed by atoms with E-state index in [1.54, 1.807) is 12.1 Å². The summed E-state index contributed by atoms with van der Waals surface area (Å²) in [6.07, 6.45) is 0. The minimum Gasteiger partial charge on any atom is -0.436 e. The molecule has 6 aromatic rings. The molecule has 0 atom stereocenters. The Kier molecular flexibility index (Phi) is 5.43. The molecule has 0 N–H and O–H groups in total. The molecular weight excluding hydrogens is 528 g/mol. The summed E-state index contributed by atoms with van der Waals surface area (Å²) in [5, 5.41) is 22.2. The van der Waals surface area contributed by atoms with E-state index in [1.165, 1.54) is 72.8 Å². The minimum absolute atomic E-state index is 0.0457. The van der Waals surface area contributed by atoms with Gasteiger partial charge in [-0.05, 0) is 48.5 Å². The van der Waals surface area contributed by atoms with Crippen molar-refractivity contribution in [3.63, 3.8) is 0 Å². The van der Waals surface area contributed by atoms with Gasteiger partial charge in [-0.2, -0.15) is 0 Å². The molecule has 2 heterocycles. The second-order valence-electron chi connectivity index (χ2n) is 8.42. The van der Waals surface area contributed by atoms with Crippen LogP contribution in [-0.4, -0.2) is 28.2 Å². The van der Waals surface area contributed by atoms with Gasteiger partial charge in [0.2, 0.25) is 21.6 Å². The number of benzene rings is 4. The van der Waals surface area contributed by atoms with Crippen LogP contribution < -0.4 is 0 Å². The van der Waals surface area contributed by atoms with Crippen molar-refractivity contribution in [3.05, 3.63) is 105 Å². The number of hydrogen-bond acceptors (Lipinski definition) is 10. The maximum atomic E-state index is 13.4. The highest BCUT2D eigenvalue weighted by Crippen LogP contribution is 2.32. The normalized spacial score (nSPS) is 11.7. The molecule has 13 heteroatoms. The van der Waals surface area contributed by atoms with Crippen LogP contribution in [0.4, 0.5) is 11.4 Å². The smallest absolute Gasteiger partial charge is 0.270 e. The summed E-state index contributed by atoms with van der Waals surface area (Å²) in [4.78, 5) is 29.7. The molecule has 0 aliphatic rings. The number of oxazole rings is 2. The number of nitro benzene ring substituents is 2. The average Bonchev–Trinajstić information content (AvgIpc) is 3.57. The fourth-order valence-electron chi connectivity index (χ4n) is 4.04. The molecule has 2 aromatic heterocycles. The van der Waals surface area contributed by atoms with E-state index in [1.807, 2.05) is 0 Å². The first kappa shape index (κ1) is 23.9. The van der Waals surface area contributed by atoms with Crippen LogP contribution in [0.5, 0.6) is 0 Å². The molecule has 0 aliphatic heterocycles. The number of nitro groups is 2. The lowest BCUT2D eigenvalue weighted by Crippen LogP contribution is -2.01. The first-order valence-corrected chi connectivity index (χ1v) is 12.7. The number of aromatic nitrogens is 2. The third-order valence-corrected chi connectivity index (χ3v) is 7.70. The predicted octanol–water partition coefficient (Wildman–Crippen LogP) is 5.95. The zero-order chi connectivity index (χ0) is 27.3. The molecule has 0 spiro atoms. The average molecular weight is 542 g/mol. The zero-order valence-corrected chi connectivity index (χ0v) is 20.4. The molecule has 0 saturated heterocycles. The molecule has 12 nitrogen and oxygen atoms in total. The van der Waals surface area contributed by atoms with Gasteiger partial charge in [-0.1, -0.05) is 12.1 Å². The van der Waals surface area contributed by atoms with Crippen LogP contribution in [0.2, 0.25) is 0 Å². The Morgan fingerprint density at radius 1 is 0.615 bits per heavy atom. The zero-order valence-electron chi connectivity index (χ0n) is 19.5. The monoisotopic (exact) mass is 542 g/mol. The van der Waals surface area contributed by atoms with Gasteiger partial charge in [0.05, 0.1) is 19.6 Å². The molecule has 0 aliphatic carbocycles. The number of non-ortho nitro benzene ring substituents is 2. The predicted molar refractivity (Wildman–Crippen MR) is 138 cm³/mol. The first-order chi connectivity index (χ1) is 18.7. The maximum absolute atomic E-state index is 13.4. The topological polar surface area (TPSA) is 172 Å². The van der Waals surface area contributed by atoms with E-state index >= 15 is 0 Å². The van der Waals surface area contributed by atoms with Crippen molar-refractivity contribution in [1.29, 1.82) is 0 Å². The highest BCUT2D eigenvalue weighted by atomic mass is 32.2. The Morgan fingerprint density at radius 2 is 1.05 bits per heavy atom. The van der Waals surface area contributed by atoms with Gasteiger partial charge >= 0.3 is 0 Å². The van der Waals surface area contributed by atoms with Crippen LogP contribution in [0.25, 0.3) is 45.1 Å². The summed E-state index contributed by atoms with van der Waals surface area (Å²) in [5.41, 5.74) is 1.63. The highest BCUT2D eigenvalue weighted by Gasteiger charge is 2.22. The minimum atomic E-state index is -4.01. The molecule has 39 heavy (non-hydrogen) atoms. The van der Waals surface area contributed by atoms with Crippen molar-refractivity contribution < 1.29 is 27.1 Å². The van der Waals surface area contributed by atoms with Gasteiger partial charge < -0.3 is 8.83 Å². The van der Waals surface area contributed by atoms with Gasteiger partial charge in [-0.3, -0.25) is 20.2 Å². The quantitative estimate of drug-likeness (QED) is 0.181. The summed E-state index contributed by atoms with van der Waals surface area (Å²) in [7, 11) is -4.01. The van der Waals surface area contributed by atoms with Crippen LogP contribution in [0.3, 0.4) is 0 Å². The van der Waals surface area contributed by atoms with Crippen molar-refractivity contribution in [3.8, 4) is 22.9 Å². The molecule has 0 fully saturated rings. The van der Waals surface area contributed by atoms with E-state index in [0.29, 0.717) is 22.3 Å². The Bertz CT molecular complexity index is 1920. The summed E-state index contributed by atoms with van der Waals surface area (Å²) < 4.78 is 38.3. The molecule has 0 saturated carbocycles. The summed E-state index contributed by atoms with van der Waals surface area (Å²) in [6, 6.07) is 19.9. The Labute approximate surface area is 218 Å². The molecule has 0 amide bonds. The van der Waals surface area contributed by atoms with Gasteiger partial charge in [0.1, 0.15) is 11.0 Å². The number of rotatable bonds is 6. The van der Waals surface area contributed by atoms with Crippen LogP contribution in [-0.2, 0) is 9.84 Å². The fraction of sp³-hybridized carbons (Fsp3) is 0. The van der Waals surface area contributed by atoms with Gasteiger partial charge in [-0.15, -0.1) is 0 Å². The summed E-state index contributed by atoms with van der Waals surface area (Å²) in [5.74, 6) is 0.224. The summed E-state index contributed by atoms with van der Waals surface area (Å²) in [6.45, 7) is 0. The Balaban J connectivity index is 1.36. The van der Waals surface area contributed by atoms with E-state index in [4.69, 9.17) is 8.83 Å². The molecule has 6 rings (SSSR count). The third kappa shape index (κ3) is 4.26. The number of fused-ring (bicyclic) bond motifs is 2. The fourth-order valence-corrected chi connectivity index (χ4v) is 5.34. The van der Waals surface area contributed by atoms with Gasteiger partial charge in [0, 0.05) is 35.4 Å². The largest absolute Gasteiger partial charge is 0.436 e. The van der Waals surface area contributed by atoms with Crippen molar-refractivity contribution in [2.45, 2.75) is 9.79 Å². The van der Waals surface area contributed by atoms with E-state index in [-0.39, 0.29) is 44.0 Å². The van der Waals surface area contributed by atoms with Crippen LogP contribution >= 0.6 is 0 Å². The van der Waals surface area contributed by atoms with E-state index in [0.717, 1.165) is 0 Å². The number of hydrogen-bond donors (Lipinski definition) is 0. The maximum Gasteiger partial charge on any atom is 0.270 e. The second kappa shape index (κ2) is 8.85. The standard InChI is InChI=1S/C26H14N4O8S/c31-29(32)17-5-1-3-15(11-17)25-27-21-13-19(7-9-23(21)37-25)39(35,36)20-8-10-24-22(14-20)28-26(38-24)16-4-2-6-18(12-16)30(33)34/h1-14H. The molecule has 0 bridgehead atoms. The number of nitrogens with zero attached hydrogens (tertiary/aromatic N) is 4. The SMILES string of the molecule is O=[N+]([O-])c1cccc(-c2nc3cc(S(=O)(=O)c4ccc5oc(-c6cccc([N+](=O)[O-])c6)nc5c4)ccc3o2)c1. The van der Waals surface area contributed by atoms with Crippen molar-refractivity contribution >= 4 is 43.4 Å².